The van der Waals surface area contributed by atoms with Crippen molar-refractivity contribution in [2.45, 2.75) is 94.8 Å². The van der Waals surface area contributed by atoms with E-state index < -0.39 is 44.8 Å². The van der Waals surface area contributed by atoms with E-state index in [9.17, 15) is 0 Å². The van der Waals surface area contributed by atoms with E-state index in [0.29, 0.717) is 19.6 Å². The van der Waals surface area contributed by atoms with E-state index >= 15 is 0 Å². The Balaban J connectivity index is 1.29. The molecule has 5 aromatic rings. The van der Waals surface area contributed by atoms with Gasteiger partial charge in [0.05, 0.1) is 19.8 Å². The molecule has 0 bridgehead atoms. The first-order valence-electron chi connectivity index (χ1n) is 19.6. The molecule has 0 N–H and O–H groups in total. The summed E-state index contributed by atoms with van der Waals surface area (Å²) in [5.74, 6) is -1.04. The summed E-state index contributed by atoms with van der Waals surface area (Å²) in [6.07, 6.45) is 1.30. The molecular weight excluding hydrogens is 701 g/mol. The van der Waals surface area contributed by atoms with Gasteiger partial charge in [-0.3, -0.25) is 0 Å². The number of benzene rings is 5. The number of ether oxygens (including phenoxy) is 5. The summed E-state index contributed by atoms with van der Waals surface area (Å²) < 4.78 is 42.7. The van der Waals surface area contributed by atoms with Crippen molar-refractivity contribution in [2.24, 2.45) is 0 Å². The number of rotatable bonds is 16. The molecule has 5 aromatic carbocycles. The number of hydrogen-bond acceptors (Lipinski definition) is 6. The molecule has 55 heavy (non-hydrogen) atoms. The molecule has 2 saturated heterocycles. The monoisotopic (exact) mass is 754 g/mol. The Morgan fingerprint density at radius 1 is 0.655 bits per heavy atom. The maximum atomic E-state index is 7.53. The van der Waals surface area contributed by atoms with Crippen molar-refractivity contribution in [1.82, 2.24) is 0 Å². The Labute approximate surface area is 328 Å². The van der Waals surface area contributed by atoms with Crippen LogP contribution in [0.5, 0.6) is 0 Å². The molecule has 2 heterocycles. The third kappa shape index (κ3) is 8.64. The largest absolute Gasteiger partial charge is 0.405 e. The van der Waals surface area contributed by atoms with E-state index in [1.165, 1.54) is 10.4 Å². The van der Waals surface area contributed by atoms with E-state index in [1.54, 1.807) is 0 Å². The van der Waals surface area contributed by atoms with Gasteiger partial charge in [-0.1, -0.05) is 179 Å². The fourth-order valence-electron chi connectivity index (χ4n) is 8.13. The Morgan fingerprint density at radius 3 is 1.65 bits per heavy atom. The predicted octanol–water partition coefficient (Wildman–Crippen LogP) is 9.08. The topological polar surface area (TPSA) is 55.4 Å². The average molecular weight is 755 g/mol. The molecule has 7 heteroatoms. The van der Waals surface area contributed by atoms with Gasteiger partial charge in [-0.15, -0.1) is 6.58 Å². The van der Waals surface area contributed by atoms with Gasteiger partial charge in [-0.2, -0.15) is 0 Å². The third-order valence-corrected chi connectivity index (χ3v) is 15.8. The standard InChI is InChI=1S/C48H54O6Si/c1-5-6-22-33-48(39-27-16-9-17-28-39)53-45-44(50-35-38-25-14-8-15-26-38)43(49-34-37-23-12-7-13-24-37)42(52-46(45)54-48)36-51-55(47(2,3)4,40-29-18-10-19-30-40)41-31-20-11-21-32-41/h5,7-21,23-32,42-46H,1,6,22,33-36H2,2-4H3/t42-,43-,44+,45+,46+,48?/m1/s1. The molecule has 2 aliphatic rings. The first kappa shape index (κ1) is 39.1. The Bertz CT molecular complexity index is 1860. The molecular formula is C48H54O6Si. The van der Waals surface area contributed by atoms with Crippen molar-refractivity contribution in [1.29, 1.82) is 0 Å². The van der Waals surface area contributed by atoms with E-state index in [-0.39, 0.29) is 11.6 Å². The normalized spacial score (nSPS) is 23.9. The molecule has 0 radical (unpaired) electrons. The fourth-order valence-corrected chi connectivity index (χ4v) is 12.7. The molecule has 0 spiro atoms. The van der Waals surface area contributed by atoms with Crippen LogP contribution in [0.1, 0.15) is 56.7 Å². The Hall–Kier alpha value is -4.18. The molecule has 0 saturated carbocycles. The minimum Gasteiger partial charge on any atom is -0.405 e. The number of allylic oxidation sites excluding steroid dienone is 1. The second-order valence-corrected chi connectivity index (χ2v) is 19.8. The van der Waals surface area contributed by atoms with E-state index in [1.807, 2.05) is 60.7 Å². The summed E-state index contributed by atoms with van der Waals surface area (Å²) >= 11 is 0. The molecule has 0 aliphatic carbocycles. The van der Waals surface area contributed by atoms with Gasteiger partial charge < -0.3 is 28.1 Å². The van der Waals surface area contributed by atoms with Crippen molar-refractivity contribution < 1.29 is 28.1 Å². The van der Waals surface area contributed by atoms with Crippen LogP contribution in [0.3, 0.4) is 0 Å². The van der Waals surface area contributed by atoms with Gasteiger partial charge in [-0.05, 0) is 39.4 Å². The van der Waals surface area contributed by atoms with Crippen LogP contribution in [0.2, 0.25) is 5.04 Å². The number of unbranched alkanes of at least 4 members (excludes halogenated alkanes) is 1. The van der Waals surface area contributed by atoms with E-state index in [4.69, 9.17) is 28.1 Å². The first-order valence-corrected chi connectivity index (χ1v) is 21.5. The molecule has 286 valence electrons. The van der Waals surface area contributed by atoms with Crippen molar-refractivity contribution in [2.75, 3.05) is 6.61 Å². The summed E-state index contributed by atoms with van der Waals surface area (Å²) in [6, 6.07) is 52.1. The Kier molecular flexibility index (Phi) is 12.6. The van der Waals surface area contributed by atoms with Crippen molar-refractivity contribution in [3.05, 3.63) is 181 Å². The van der Waals surface area contributed by atoms with Gasteiger partial charge in [0.2, 0.25) is 0 Å². The summed E-state index contributed by atoms with van der Waals surface area (Å²) in [6.45, 7) is 11.8. The molecule has 6 nitrogen and oxygen atoms in total. The van der Waals surface area contributed by atoms with Crippen LogP contribution in [-0.2, 0) is 47.1 Å². The first-order chi connectivity index (χ1) is 26.8. The lowest BCUT2D eigenvalue weighted by atomic mass is 9.97. The molecule has 1 unspecified atom stereocenters. The van der Waals surface area contributed by atoms with Crippen LogP contribution in [0, 0.1) is 0 Å². The van der Waals surface area contributed by atoms with Crippen LogP contribution in [0.25, 0.3) is 0 Å². The SMILES string of the molecule is C=CCCCC1(c2ccccc2)O[C@@H]2O[C@H](CO[Si](c3ccccc3)(c3ccccc3)C(C)(C)C)[C@@H](OCc3ccccc3)[C@H](OCc3ccccc3)[C@@H]2O1. The quantitative estimate of drug-likeness (QED) is 0.0570. The summed E-state index contributed by atoms with van der Waals surface area (Å²) in [5, 5.41) is 2.18. The Morgan fingerprint density at radius 2 is 1.15 bits per heavy atom. The zero-order valence-corrected chi connectivity index (χ0v) is 33.3. The maximum absolute atomic E-state index is 7.53. The highest BCUT2D eigenvalue weighted by Crippen LogP contribution is 2.47. The van der Waals surface area contributed by atoms with Gasteiger partial charge in [0.15, 0.2) is 12.1 Å². The smallest absolute Gasteiger partial charge is 0.261 e. The minimum atomic E-state index is -2.94. The third-order valence-electron chi connectivity index (χ3n) is 10.8. The van der Waals surface area contributed by atoms with Gasteiger partial charge in [-0.25, -0.2) is 0 Å². The van der Waals surface area contributed by atoms with Crippen LogP contribution < -0.4 is 10.4 Å². The van der Waals surface area contributed by atoms with Gasteiger partial charge in [0, 0.05) is 12.0 Å². The van der Waals surface area contributed by atoms with Gasteiger partial charge in [0.25, 0.3) is 8.32 Å². The van der Waals surface area contributed by atoms with Crippen LogP contribution >= 0.6 is 0 Å². The molecule has 0 amide bonds. The number of fused-ring (bicyclic) bond motifs is 1. The van der Waals surface area contributed by atoms with Gasteiger partial charge >= 0.3 is 0 Å². The highest BCUT2D eigenvalue weighted by Gasteiger charge is 2.60. The molecule has 2 fully saturated rings. The van der Waals surface area contributed by atoms with Crippen molar-refractivity contribution in [3.63, 3.8) is 0 Å². The average Bonchev–Trinajstić information content (AvgIpc) is 3.60. The summed E-state index contributed by atoms with van der Waals surface area (Å²) in [4.78, 5) is 0. The predicted molar refractivity (Wildman–Crippen MR) is 220 cm³/mol. The lowest BCUT2D eigenvalue weighted by molar-refractivity contribution is -0.277. The molecule has 2 aliphatic heterocycles. The fraction of sp³-hybridized carbons (Fsp3) is 0.333. The zero-order chi connectivity index (χ0) is 38.1. The van der Waals surface area contributed by atoms with Crippen molar-refractivity contribution >= 4 is 18.7 Å². The maximum Gasteiger partial charge on any atom is 0.261 e. The molecule has 0 aromatic heterocycles. The van der Waals surface area contributed by atoms with Crippen LogP contribution in [0.15, 0.2) is 164 Å². The summed E-state index contributed by atoms with van der Waals surface area (Å²) in [7, 11) is -2.94. The number of hydrogen-bond donors (Lipinski definition) is 0. The van der Waals surface area contributed by atoms with E-state index in [2.05, 4.69) is 124 Å². The summed E-state index contributed by atoms with van der Waals surface area (Å²) in [5.41, 5.74) is 3.07. The molecule has 7 rings (SSSR count). The highest BCUT2D eigenvalue weighted by molar-refractivity contribution is 6.99. The lowest BCUT2D eigenvalue weighted by Gasteiger charge is -2.46. The highest BCUT2D eigenvalue weighted by atomic mass is 28.4. The van der Waals surface area contributed by atoms with Crippen molar-refractivity contribution in [3.8, 4) is 0 Å². The second-order valence-electron chi connectivity index (χ2n) is 15.5. The second kappa shape index (κ2) is 17.7. The van der Waals surface area contributed by atoms with Crippen LogP contribution in [-0.4, -0.2) is 45.6 Å². The van der Waals surface area contributed by atoms with Gasteiger partial charge in [0.1, 0.15) is 24.4 Å². The molecule has 6 atom stereocenters. The van der Waals surface area contributed by atoms with Crippen LogP contribution in [0.4, 0.5) is 0 Å². The van der Waals surface area contributed by atoms with E-state index in [0.717, 1.165) is 29.5 Å². The minimum absolute atomic E-state index is 0.225. The lowest BCUT2D eigenvalue weighted by Crippen LogP contribution is -2.68. The zero-order valence-electron chi connectivity index (χ0n) is 32.3.